The first-order valence-corrected chi connectivity index (χ1v) is 7.13. The third-order valence-electron chi connectivity index (χ3n) is 2.81. The van der Waals surface area contributed by atoms with Gasteiger partial charge in [0.05, 0.1) is 4.92 Å². The number of carboxylic acids is 1. The normalized spacial score (nSPS) is 11.7. The standard InChI is InChI=1S/C13H15BrN2O5/c1-2-3-4-11(13(18)19)15-12(17)8-5-9(14)7-10(6-8)16(20)21/h5-7,11H,2-4H2,1H3,(H,15,17)(H,18,19)/t11-/m0/s1. The molecule has 2 N–H and O–H groups in total. The third-order valence-corrected chi connectivity index (χ3v) is 3.26. The number of amides is 1. The molecule has 21 heavy (non-hydrogen) atoms. The van der Waals surface area contributed by atoms with Crippen LogP contribution in [0.3, 0.4) is 0 Å². The summed E-state index contributed by atoms with van der Waals surface area (Å²) in [5.41, 5.74) is -0.200. The maximum atomic E-state index is 12.0. The van der Waals surface area contributed by atoms with E-state index in [1.165, 1.54) is 12.1 Å². The van der Waals surface area contributed by atoms with Crippen LogP contribution in [0.4, 0.5) is 5.69 Å². The largest absolute Gasteiger partial charge is 0.480 e. The zero-order valence-corrected chi connectivity index (χ0v) is 12.9. The molecule has 1 rings (SSSR count). The van der Waals surface area contributed by atoms with Crippen molar-refractivity contribution < 1.29 is 19.6 Å². The zero-order valence-electron chi connectivity index (χ0n) is 11.3. The van der Waals surface area contributed by atoms with Crippen molar-refractivity contribution in [1.82, 2.24) is 5.32 Å². The highest BCUT2D eigenvalue weighted by Gasteiger charge is 2.21. The van der Waals surface area contributed by atoms with Crippen molar-refractivity contribution in [3.05, 3.63) is 38.3 Å². The van der Waals surface area contributed by atoms with E-state index >= 15 is 0 Å². The van der Waals surface area contributed by atoms with Gasteiger partial charge in [0.25, 0.3) is 11.6 Å². The molecule has 0 saturated carbocycles. The number of nitrogens with one attached hydrogen (secondary N) is 1. The fourth-order valence-corrected chi connectivity index (χ4v) is 2.20. The lowest BCUT2D eigenvalue weighted by Gasteiger charge is -2.14. The number of nitro groups is 1. The molecule has 1 amide bonds. The van der Waals surface area contributed by atoms with E-state index in [-0.39, 0.29) is 11.3 Å². The summed E-state index contributed by atoms with van der Waals surface area (Å²) in [4.78, 5) is 33.3. The lowest BCUT2D eigenvalue weighted by molar-refractivity contribution is -0.385. The van der Waals surface area contributed by atoms with E-state index in [0.29, 0.717) is 17.3 Å². The lowest BCUT2D eigenvalue weighted by atomic mass is 10.1. The van der Waals surface area contributed by atoms with Gasteiger partial charge in [0, 0.05) is 22.2 Å². The number of hydrogen-bond donors (Lipinski definition) is 2. The summed E-state index contributed by atoms with van der Waals surface area (Å²) in [6.07, 6.45) is 1.78. The van der Waals surface area contributed by atoms with Gasteiger partial charge in [0.15, 0.2) is 0 Å². The molecule has 0 unspecified atom stereocenters. The number of carboxylic acid groups (broad SMARTS) is 1. The van der Waals surface area contributed by atoms with Gasteiger partial charge < -0.3 is 10.4 Å². The molecule has 1 aromatic rings. The van der Waals surface area contributed by atoms with E-state index in [1.807, 2.05) is 6.92 Å². The summed E-state index contributed by atoms with van der Waals surface area (Å²) in [7, 11) is 0. The summed E-state index contributed by atoms with van der Waals surface area (Å²) < 4.78 is 0.377. The first-order valence-electron chi connectivity index (χ1n) is 6.33. The van der Waals surface area contributed by atoms with Crippen LogP contribution in [0.25, 0.3) is 0 Å². The quantitative estimate of drug-likeness (QED) is 0.575. The molecule has 0 fully saturated rings. The van der Waals surface area contributed by atoms with Crippen LogP contribution in [0.15, 0.2) is 22.7 Å². The number of halogens is 1. The predicted molar refractivity (Wildman–Crippen MR) is 79.2 cm³/mol. The average molecular weight is 359 g/mol. The Morgan fingerprint density at radius 2 is 2.10 bits per heavy atom. The first kappa shape index (κ1) is 17.1. The van der Waals surface area contributed by atoms with E-state index in [1.54, 1.807) is 0 Å². The molecule has 7 nitrogen and oxygen atoms in total. The van der Waals surface area contributed by atoms with Crippen molar-refractivity contribution in [1.29, 1.82) is 0 Å². The van der Waals surface area contributed by atoms with Crippen molar-refractivity contribution in [2.75, 3.05) is 0 Å². The Balaban J connectivity index is 2.92. The SMILES string of the molecule is CCCC[C@H](NC(=O)c1cc(Br)cc([N+](=O)[O-])c1)C(=O)O. The van der Waals surface area contributed by atoms with Crippen LogP contribution < -0.4 is 5.32 Å². The number of benzene rings is 1. The molecule has 0 aliphatic heterocycles. The minimum atomic E-state index is -1.12. The minimum absolute atomic E-state index is 0.0406. The number of aliphatic carboxylic acids is 1. The van der Waals surface area contributed by atoms with Crippen molar-refractivity contribution in [3.63, 3.8) is 0 Å². The van der Waals surface area contributed by atoms with Crippen LogP contribution in [0.1, 0.15) is 36.5 Å². The lowest BCUT2D eigenvalue weighted by Crippen LogP contribution is -2.40. The molecule has 0 bridgehead atoms. The van der Waals surface area contributed by atoms with Crippen molar-refractivity contribution in [2.45, 2.75) is 32.2 Å². The highest BCUT2D eigenvalue weighted by Crippen LogP contribution is 2.21. The molecule has 114 valence electrons. The average Bonchev–Trinajstić information content (AvgIpc) is 2.42. The maximum Gasteiger partial charge on any atom is 0.326 e. The Bertz CT molecular complexity index is 561. The molecule has 1 aromatic carbocycles. The van der Waals surface area contributed by atoms with E-state index in [4.69, 9.17) is 5.11 Å². The van der Waals surface area contributed by atoms with Crippen molar-refractivity contribution >= 4 is 33.5 Å². The summed E-state index contributed by atoms with van der Waals surface area (Å²) in [5.74, 6) is -1.77. The van der Waals surface area contributed by atoms with Crippen LogP contribution in [-0.4, -0.2) is 27.9 Å². The number of nitrogens with zero attached hydrogens (tertiary/aromatic N) is 1. The van der Waals surface area contributed by atoms with Crippen LogP contribution in [0.5, 0.6) is 0 Å². The second kappa shape index (κ2) is 7.72. The molecule has 1 atom stereocenters. The second-order valence-corrected chi connectivity index (χ2v) is 5.38. The van der Waals surface area contributed by atoms with Gasteiger partial charge in [0.2, 0.25) is 0 Å². The molecular formula is C13H15BrN2O5. The molecular weight excluding hydrogens is 344 g/mol. The van der Waals surface area contributed by atoms with Gasteiger partial charge in [-0.15, -0.1) is 0 Å². The number of unbranched alkanes of at least 4 members (excludes halogenated alkanes) is 1. The van der Waals surface area contributed by atoms with Gasteiger partial charge in [-0.3, -0.25) is 14.9 Å². The van der Waals surface area contributed by atoms with Crippen molar-refractivity contribution in [3.8, 4) is 0 Å². The number of hydrogen-bond acceptors (Lipinski definition) is 4. The summed E-state index contributed by atoms with van der Waals surface area (Å²) in [6.45, 7) is 1.92. The summed E-state index contributed by atoms with van der Waals surface area (Å²) >= 11 is 3.09. The number of nitro benzene ring substituents is 1. The monoisotopic (exact) mass is 358 g/mol. The number of non-ortho nitro benzene ring substituents is 1. The molecule has 0 aromatic heterocycles. The Morgan fingerprint density at radius 1 is 1.43 bits per heavy atom. The number of rotatable bonds is 7. The van der Waals surface area contributed by atoms with Gasteiger partial charge in [-0.1, -0.05) is 35.7 Å². The molecule has 0 saturated heterocycles. The topological polar surface area (TPSA) is 110 Å². The fraction of sp³-hybridized carbons (Fsp3) is 0.385. The Morgan fingerprint density at radius 3 is 2.62 bits per heavy atom. The van der Waals surface area contributed by atoms with Crippen LogP contribution in [0.2, 0.25) is 0 Å². The molecule has 0 heterocycles. The van der Waals surface area contributed by atoms with E-state index < -0.39 is 22.8 Å². The Hall–Kier alpha value is -1.96. The Labute approximate surface area is 129 Å². The summed E-state index contributed by atoms with van der Waals surface area (Å²) in [5, 5.41) is 22.2. The van der Waals surface area contributed by atoms with E-state index in [0.717, 1.165) is 12.5 Å². The van der Waals surface area contributed by atoms with Crippen LogP contribution in [0, 0.1) is 10.1 Å². The van der Waals surface area contributed by atoms with E-state index in [2.05, 4.69) is 21.2 Å². The predicted octanol–water partition coefficient (Wildman–Crippen LogP) is 2.73. The fourth-order valence-electron chi connectivity index (χ4n) is 1.72. The third kappa shape index (κ3) is 5.14. The maximum absolute atomic E-state index is 12.0. The van der Waals surface area contributed by atoms with Gasteiger partial charge in [-0.05, 0) is 12.5 Å². The molecule has 8 heteroatoms. The van der Waals surface area contributed by atoms with Crippen molar-refractivity contribution in [2.24, 2.45) is 0 Å². The highest BCUT2D eigenvalue weighted by molar-refractivity contribution is 9.10. The zero-order chi connectivity index (χ0) is 16.0. The second-order valence-electron chi connectivity index (χ2n) is 4.46. The molecule has 0 aliphatic rings. The van der Waals surface area contributed by atoms with Gasteiger partial charge in [-0.25, -0.2) is 4.79 Å². The van der Waals surface area contributed by atoms with Crippen LogP contribution >= 0.6 is 15.9 Å². The van der Waals surface area contributed by atoms with Gasteiger partial charge >= 0.3 is 5.97 Å². The Kier molecular flexibility index (Phi) is 6.29. The minimum Gasteiger partial charge on any atom is -0.480 e. The molecule has 0 spiro atoms. The van der Waals surface area contributed by atoms with E-state index in [9.17, 15) is 19.7 Å². The first-order chi connectivity index (χ1) is 9.85. The van der Waals surface area contributed by atoms with Gasteiger partial charge in [0.1, 0.15) is 6.04 Å². The molecule has 0 radical (unpaired) electrons. The van der Waals surface area contributed by atoms with Gasteiger partial charge in [-0.2, -0.15) is 0 Å². The molecule has 0 aliphatic carbocycles. The highest BCUT2D eigenvalue weighted by atomic mass is 79.9. The number of carbonyl (C=O) groups is 2. The number of carbonyl (C=O) groups excluding carboxylic acids is 1. The summed E-state index contributed by atoms with van der Waals surface area (Å²) in [6, 6.07) is 2.78. The van der Waals surface area contributed by atoms with Crippen LogP contribution in [-0.2, 0) is 4.79 Å². The smallest absolute Gasteiger partial charge is 0.326 e.